The van der Waals surface area contributed by atoms with Gasteiger partial charge in [-0.25, -0.2) is 4.39 Å². The Morgan fingerprint density at radius 1 is 1.11 bits per heavy atom. The molecule has 2 N–H and O–H groups in total. The first-order valence-electron chi connectivity index (χ1n) is 5.33. The zero-order valence-electron chi connectivity index (χ0n) is 10.7. The molecule has 2 rings (SSSR count). The average molecular weight is 268 g/mol. The molecule has 102 valence electrons. The minimum absolute atomic E-state index is 0.00243. The van der Waals surface area contributed by atoms with E-state index in [0.29, 0.717) is 5.75 Å². The standard InChI is InChI=1S/C12H13FN2O4/c1-16-7-4-8(17-2)12(18-3)10(11(7)13)6-5-9(14)15-19-6/h4-5H,1-3H3,(H2,14,15). The Hall–Kier alpha value is -2.44. The van der Waals surface area contributed by atoms with Crippen molar-refractivity contribution in [2.75, 3.05) is 27.1 Å². The van der Waals surface area contributed by atoms with E-state index in [0.717, 1.165) is 0 Å². The molecule has 0 spiro atoms. The van der Waals surface area contributed by atoms with Gasteiger partial charge in [-0.2, -0.15) is 0 Å². The first-order valence-corrected chi connectivity index (χ1v) is 5.33. The van der Waals surface area contributed by atoms with Crippen molar-refractivity contribution in [1.82, 2.24) is 5.16 Å². The lowest BCUT2D eigenvalue weighted by Crippen LogP contribution is -1.99. The number of methoxy groups -OCH3 is 3. The molecule has 2 aromatic rings. The van der Waals surface area contributed by atoms with Gasteiger partial charge in [0.2, 0.25) is 0 Å². The van der Waals surface area contributed by atoms with Gasteiger partial charge in [-0.3, -0.25) is 0 Å². The summed E-state index contributed by atoms with van der Waals surface area (Å²) in [6.45, 7) is 0. The Morgan fingerprint density at radius 2 is 1.79 bits per heavy atom. The highest BCUT2D eigenvalue weighted by atomic mass is 19.1. The molecule has 6 nitrogen and oxygen atoms in total. The third-order valence-corrected chi connectivity index (χ3v) is 2.57. The van der Waals surface area contributed by atoms with Gasteiger partial charge >= 0.3 is 0 Å². The van der Waals surface area contributed by atoms with Crippen molar-refractivity contribution in [3.63, 3.8) is 0 Å². The van der Waals surface area contributed by atoms with Crippen LogP contribution in [0.25, 0.3) is 11.3 Å². The van der Waals surface area contributed by atoms with Crippen molar-refractivity contribution in [2.24, 2.45) is 0 Å². The summed E-state index contributed by atoms with van der Waals surface area (Å²) in [6, 6.07) is 2.78. The van der Waals surface area contributed by atoms with Gasteiger partial charge in [0.25, 0.3) is 0 Å². The van der Waals surface area contributed by atoms with E-state index in [2.05, 4.69) is 5.16 Å². The summed E-state index contributed by atoms with van der Waals surface area (Å²) in [5.41, 5.74) is 5.51. The summed E-state index contributed by atoms with van der Waals surface area (Å²) in [7, 11) is 4.18. The van der Waals surface area contributed by atoms with Crippen LogP contribution in [0.1, 0.15) is 0 Å². The zero-order valence-corrected chi connectivity index (χ0v) is 10.7. The van der Waals surface area contributed by atoms with Crippen LogP contribution in [-0.2, 0) is 0 Å². The number of hydrogen-bond acceptors (Lipinski definition) is 6. The molecule has 1 aromatic heterocycles. The predicted octanol–water partition coefficient (Wildman–Crippen LogP) is 2.09. The van der Waals surface area contributed by atoms with Gasteiger partial charge in [0, 0.05) is 12.1 Å². The fourth-order valence-corrected chi connectivity index (χ4v) is 1.72. The summed E-state index contributed by atoms with van der Waals surface area (Å²) >= 11 is 0. The normalized spacial score (nSPS) is 10.3. The Balaban J connectivity index is 2.75. The topological polar surface area (TPSA) is 79.7 Å². The first kappa shape index (κ1) is 13.0. The highest BCUT2D eigenvalue weighted by Crippen LogP contribution is 2.44. The summed E-state index contributed by atoms with van der Waals surface area (Å²) < 4.78 is 34.6. The maximum Gasteiger partial charge on any atom is 0.180 e. The van der Waals surface area contributed by atoms with Crippen LogP contribution < -0.4 is 19.9 Å². The third kappa shape index (κ3) is 2.14. The van der Waals surface area contributed by atoms with Gasteiger partial charge in [0.05, 0.1) is 21.3 Å². The summed E-state index contributed by atoms with van der Waals surface area (Å²) in [5, 5.41) is 3.52. The SMILES string of the molecule is COc1cc(OC)c(OC)c(-c2cc(N)no2)c1F. The van der Waals surface area contributed by atoms with Gasteiger partial charge in [0.15, 0.2) is 34.6 Å². The predicted molar refractivity (Wildman–Crippen MR) is 66.0 cm³/mol. The number of anilines is 1. The molecular formula is C12H13FN2O4. The number of nitrogens with zero attached hydrogens (tertiary/aromatic N) is 1. The van der Waals surface area contributed by atoms with Crippen molar-refractivity contribution in [2.45, 2.75) is 0 Å². The number of benzene rings is 1. The number of halogens is 1. The summed E-state index contributed by atoms with van der Waals surface area (Å²) in [6.07, 6.45) is 0. The molecule has 0 bridgehead atoms. The van der Waals surface area contributed by atoms with E-state index in [1.54, 1.807) is 0 Å². The lowest BCUT2D eigenvalue weighted by Gasteiger charge is -2.14. The van der Waals surface area contributed by atoms with E-state index in [1.807, 2.05) is 0 Å². The van der Waals surface area contributed by atoms with Gasteiger partial charge < -0.3 is 24.5 Å². The number of nitrogens with two attached hydrogens (primary N) is 1. The highest BCUT2D eigenvalue weighted by Gasteiger charge is 2.24. The van der Waals surface area contributed by atoms with Crippen LogP contribution in [0.3, 0.4) is 0 Å². The first-order chi connectivity index (χ1) is 9.12. The van der Waals surface area contributed by atoms with E-state index < -0.39 is 5.82 Å². The van der Waals surface area contributed by atoms with Crippen LogP contribution in [0.2, 0.25) is 0 Å². The van der Waals surface area contributed by atoms with Crippen molar-refractivity contribution in [3.8, 4) is 28.6 Å². The van der Waals surface area contributed by atoms with E-state index in [-0.39, 0.29) is 28.6 Å². The minimum atomic E-state index is -0.642. The molecule has 0 unspecified atom stereocenters. The molecule has 0 saturated heterocycles. The van der Waals surface area contributed by atoms with E-state index >= 15 is 0 Å². The molecule has 0 amide bonds. The van der Waals surface area contributed by atoms with Crippen LogP contribution in [0.4, 0.5) is 10.2 Å². The number of nitrogen functional groups attached to an aromatic ring is 1. The Morgan fingerprint density at radius 3 is 2.26 bits per heavy atom. The second-order valence-corrected chi connectivity index (χ2v) is 3.62. The van der Waals surface area contributed by atoms with E-state index in [4.69, 9.17) is 24.5 Å². The van der Waals surface area contributed by atoms with Gasteiger partial charge in [-0.05, 0) is 0 Å². The van der Waals surface area contributed by atoms with Crippen molar-refractivity contribution in [1.29, 1.82) is 0 Å². The molecule has 7 heteroatoms. The maximum absolute atomic E-state index is 14.3. The number of ether oxygens (including phenoxy) is 3. The largest absolute Gasteiger partial charge is 0.494 e. The maximum atomic E-state index is 14.3. The van der Waals surface area contributed by atoms with Crippen LogP contribution in [0.5, 0.6) is 17.2 Å². The lowest BCUT2D eigenvalue weighted by atomic mass is 10.1. The van der Waals surface area contributed by atoms with Gasteiger partial charge in [0.1, 0.15) is 5.56 Å². The van der Waals surface area contributed by atoms with Crippen molar-refractivity contribution < 1.29 is 23.1 Å². The average Bonchev–Trinajstić information content (AvgIpc) is 2.84. The summed E-state index contributed by atoms with van der Waals surface area (Å²) in [5.74, 6) is 0.115. The number of aromatic nitrogens is 1. The molecule has 0 fully saturated rings. The third-order valence-electron chi connectivity index (χ3n) is 2.57. The Labute approximate surface area is 108 Å². The zero-order chi connectivity index (χ0) is 14.0. The van der Waals surface area contributed by atoms with Crippen molar-refractivity contribution >= 4 is 5.82 Å². The molecule has 19 heavy (non-hydrogen) atoms. The minimum Gasteiger partial charge on any atom is -0.494 e. The lowest BCUT2D eigenvalue weighted by molar-refractivity contribution is 0.338. The monoisotopic (exact) mass is 268 g/mol. The second-order valence-electron chi connectivity index (χ2n) is 3.62. The molecule has 0 aliphatic heterocycles. The number of rotatable bonds is 4. The molecule has 1 aromatic carbocycles. The van der Waals surface area contributed by atoms with E-state index in [9.17, 15) is 4.39 Å². The fraction of sp³-hybridized carbons (Fsp3) is 0.250. The molecule has 1 heterocycles. The number of hydrogen-bond donors (Lipinski definition) is 1. The van der Waals surface area contributed by atoms with Crippen LogP contribution >= 0.6 is 0 Å². The Kier molecular flexibility index (Phi) is 3.46. The molecule has 0 atom stereocenters. The van der Waals surface area contributed by atoms with Gasteiger partial charge in [-0.1, -0.05) is 5.16 Å². The quantitative estimate of drug-likeness (QED) is 0.914. The Bertz CT molecular complexity index is 598. The molecular weight excluding hydrogens is 255 g/mol. The highest BCUT2D eigenvalue weighted by molar-refractivity contribution is 5.74. The van der Waals surface area contributed by atoms with E-state index in [1.165, 1.54) is 33.5 Å². The summed E-state index contributed by atoms with van der Waals surface area (Å²) in [4.78, 5) is 0. The molecule has 0 saturated carbocycles. The van der Waals surface area contributed by atoms with Gasteiger partial charge in [-0.15, -0.1) is 0 Å². The van der Waals surface area contributed by atoms with Crippen molar-refractivity contribution in [3.05, 3.63) is 17.9 Å². The van der Waals surface area contributed by atoms with Crippen LogP contribution in [0.15, 0.2) is 16.7 Å². The smallest absolute Gasteiger partial charge is 0.180 e. The van der Waals surface area contributed by atoms with Crippen LogP contribution in [-0.4, -0.2) is 26.5 Å². The molecule has 0 radical (unpaired) electrons. The molecule has 0 aliphatic carbocycles. The fourth-order valence-electron chi connectivity index (χ4n) is 1.72. The van der Waals surface area contributed by atoms with Crippen LogP contribution in [0, 0.1) is 5.82 Å². The second kappa shape index (κ2) is 5.05. The molecule has 0 aliphatic rings.